The fraction of sp³-hybridized carbons (Fsp3) is 0.467. The fourth-order valence-electron chi connectivity index (χ4n) is 2.61. The first-order chi connectivity index (χ1) is 11.1. The van der Waals surface area contributed by atoms with Crippen molar-refractivity contribution in [3.63, 3.8) is 0 Å². The number of nitrogens with zero attached hydrogens (tertiary/aromatic N) is 6. The van der Waals surface area contributed by atoms with Gasteiger partial charge in [0.1, 0.15) is 0 Å². The van der Waals surface area contributed by atoms with E-state index in [4.69, 9.17) is 0 Å². The molecule has 1 amide bonds. The molecule has 1 aliphatic rings. The number of piperazine rings is 1. The van der Waals surface area contributed by atoms with Gasteiger partial charge in [0, 0.05) is 38.9 Å². The quantitative estimate of drug-likeness (QED) is 0.780. The first-order valence-electron chi connectivity index (χ1n) is 7.63. The van der Waals surface area contributed by atoms with Crippen LogP contribution >= 0.6 is 11.8 Å². The molecule has 1 fully saturated rings. The second kappa shape index (κ2) is 6.99. The molecule has 0 bridgehead atoms. The molecule has 0 saturated carbocycles. The average Bonchev–Trinajstić information content (AvgIpc) is 3.00. The van der Waals surface area contributed by atoms with Crippen LogP contribution in [-0.2, 0) is 11.8 Å². The Labute approximate surface area is 139 Å². The zero-order valence-electron chi connectivity index (χ0n) is 13.3. The maximum atomic E-state index is 12.6. The Kier molecular flexibility index (Phi) is 4.80. The van der Waals surface area contributed by atoms with Crippen molar-refractivity contribution in [2.75, 3.05) is 31.1 Å². The number of hydrogen-bond acceptors (Lipinski definition) is 6. The van der Waals surface area contributed by atoms with Crippen molar-refractivity contribution >= 4 is 23.4 Å². The zero-order valence-corrected chi connectivity index (χ0v) is 14.1. The highest BCUT2D eigenvalue weighted by molar-refractivity contribution is 8.00. The number of aryl methyl sites for hydroxylation is 1. The van der Waals surface area contributed by atoms with Crippen molar-refractivity contribution in [3.8, 4) is 0 Å². The third kappa shape index (κ3) is 3.64. The maximum Gasteiger partial charge on any atom is 0.236 e. The van der Waals surface area contributed by atoms with Crippen molar-refractivity contribution < 1.29 is 4.79 Å². The number of carbonyl (C=O) groups is 1. The molecule has 23 heavy (non-hydrogen) atoms. The molecule has 1 atom stereocenters. The summed E-state index contributed by atoms with van der Waals surface area (Å²) in [6.07, 6.45) is 0. The van der Waals surface area contributed by atoms with Gasteiger partial charge in [0.2, 0.25) is 11.1 Å². The van der Waals surface area contributed by atoms with Crippen LogP contribution in [0.1, 0.15) is 6.92 Å². The number of para-hydroxylation sites is 1. The van der Waals surface area contributed by atoms with Crippen molar-refractivity contribution in [3.05, 3.63) is 30.3 Å². The Balaban J connectivity index is 1.55. The summed E-state index contributed by atoms with van der Waals surface area (Å²) < 4.78 is 1.59. The lowest BCUT2D eigenvalue weighted by Crippen LogP contribution is -2.50. The zero-order chi connectivity index (χ0) is 16.2. The van der Waals surface area contributed by atoms with E-state index in [9.17, 15) is 4.79 Å². The van der Waals surface area contributed by atoms with Crippen LogP contribution in [0.4, 0.5) is 5.69 Å². The van der Waals surface area contributed by atoms with Gasteiger partial charge in [0.05, 0.1) is 5.25 Å². The van der Waals surface area contributed by atoms with E-state index < -0.39 is 0 Å². The molecular formula is C15H20N6OS. The summed E-state index contributed by atoms with van der Waals surface area (Å²) in [5, 5.41) is 11.8. The molecular weight excluding hydrogens is 312 g/mol. The molecule has 0 N–H and O–H groups in total. The molecule has 2 heterocycles. The van der Waals surface area contributed by atoms with Gasteiger partial charge < -0.3 is 9.80 Å². The first-order valence-corrected chi connectivity index (χ1v) is 8.51. The maximum absolute atomic E-state index is 12.6. The number of aromatic nitrogens is 4. The van der Waals surface area contributed by atoms with E-state index in [0.717, 1.165) is 26.2 Å². The molecule has 122 valence electrons. The Morgan fingerprint density at radius 3 is 2.48 bits per heavy atom. The summed E-state index contributed by atoms with van der Waals surface area (Å²) in [5.41, 5.74) is 1.21. The van der Waals surface area contributed by atoms with E-state index in [2.05, 4.69) is 32.6 Å². The Morgan fingerprint density at radius 2 is 1.87 bits per heavy atom. The van der Waals surface area contributed by atoms with Crippen LogP contribution < -0.4 is 4.90 Å². The second-order valence-electron chi connectivity index (χ2n) is 5.49. The van der Waals surface area contributed by atoms with E-state index in [1.807, 2.05) is 30.0 Å². The summed E-state index contributed by atoms with van der Waals surface area (Å²) >= 11 is 1.40. The number of hydrogen-bond donors (Lipinski definition) is 0. The number of rotatable bonds is 4. The lowest BCUT2D eigenvalue weighted by Gasteiger charge is -2.37. The van der Waals surface area contributed by atoms with Crippen molar-refractivity contribution in [2.45, 2.75) is 17.3 Å². The summed E-state index contributed by atoms with van der Waals surface area (Å²) in [6.45, 7) is 5.12. The summed E-state index contributed by atoms with van der Waals surface area (Å²) in [4.78, 5) is 16.8. The van der Waals surface area contributed by atoms with Gasteiger partial charge in [-0.05, 0) is 29.5 Å². The topological polar surface area (TPSA) is 67.2 Å². The van der Waals surface area contributed by atoms with Gasteiger partial charge in [-0.15, -0.1) is 5.10 Å². The molecule has 0 aliphatic carbocycles. The second-order valence-corrected chi connectivity index (χ2v) is 6.80. The normalized spacial score (nSPS) is 16.4. The molecule has 2 aromatic rings. The van der Waals surface area contributed by atoms with Crippen LogP contribution in [0.5, 0.6) is 0 Å². The molecule has 8 heteroatoms. The van der Waals surface area contributed by atoms with Crippen molar-refractivity contribution in [1.82, 2.24) is 25.1 Å². The number of benzene rings is 1. The van der Waals surface area contributed by atoms with Gasteiger partial charge in [-0.25, -0.2) is 4.68 Å². The van der Waals surface area contributed by atoms with Crippen LogP contribution in [-0.4, -0.2) is 62.4 Å². The van der Waals surface area contributed by atoms with Gasteiger partial charge in [-0.2, -0.15) is 0 Å². The molecule has 0 radical (unpaired) electrons. The van der Waals surface area contributed by atoms with Gasteiger partial charge >= 0.3 is 0 Å². The lowest BCUT2D eigenvalue weighted by atomic mass is 10.2. The number of thioether (sulfide) groups is 1. The summed E-state index contributed by atoms with van der Waals surface area (Å²) in [5.74, 6) is 0.144. The van der Waals surface area contributed by atoms with Gasteiger partial charge in [0.25, 0.3) is 0 Å². The van der Waals surface area contributed by atoms with Crippen LogP contribution in [0.3, 0.4) is 0 Å². The van der Waals surface area contributed by atoms with E-state index in [1.165, 1.54) is 17.4 Å². The van der Waals surface area contributed by atoms with E-state index in [0.29, 0.717) is 5.16 Å². The van der Waals surface area contributed by atoms with E-state index >= 15 is 0 Å². The highest BCUT2D eigenvalue weighted by Crippen LogP contribution is 2.22. The monoisotopic (exact) mass is 332 g/mol. The molecule has 0 spiro atoms. The van der Waals surface area contributed by atoms with Crippen LogP contribution in [0, 0.1) is 0 Å². The average molecular weight is 332 g/mol. The van der Waals surface area contributed by atoms with Crippen LogP contribution in [0.25, 0.3) is 0 Å². The summed E-state index contributed by atoms with van der Waals surface area (Å²) in [6, 6.07) is 10.3. The largest absolute Gasteiger partial charge is 0.368 e. The predicted molar refractivity (Wildman–Crippen MR) is 89.4 cm³/mol. The van der Waals surface area contributed by atoms with Crippen LogP contribution in [0.2, 0.25) is 0 Å². The smallest absolute Gasteiger partial charge is 0.236 e. The van der Waals surface area contributed by atoms with Crippen molar-refractivity contribution in [2.24, 2.45) is 7.05 Å². The van der Waals surface area contributed by atoms with E-state index in [1.54, 1.807) is 11.7 Å². The molecule has 1 aromatic heterocycles. The molecule has 1 saturated heterocycles. The molecule has 0 unspecified atom stereocenters. The molecule has 7 nitrogen and oxygen atoms in total. The third-order valence-electron chi connectivity index (χ3n) is 3.92. The van der Waals surface area contributed by atoms with Gasteiger partial charge in [-0.3, -0.25) is 4.79 Å². The Morgan fingerprint density at radius 1 is 1.17 bits per heavy atom. The predicted octanol–water partition coefficient (Wildman–Crippen LogP) is 1.04. The minimum absolute atomic E-state index is 0.144. The number of amides is 1. The van der Waals surface area contributed by atoms with Crippen molar-refractivity contribution in [1.29, 1.82) is 0 Å². The van der Waals surface area contributed by atoms with Gasteiger partial charge in [0.15, 0.2) is 0 Å². The SMILES string of the molecule is C[C@H](Sc1nnnn1C)C(=O)N1CCN(c2ccccc2)CC1. The lowest BCUT2D eigenvalue weighted by molar-refractivity contribution is -0.130. The highest BCUT2D eigenvalue weighted by Gasteiger charge is 2.26. The van der Waals surface area contributed by atoms with Crippen LogP contribution in [0.15, 0.2) is 35.5 Å². The Hall–Kier alpha value is -2.09. The Bertz CT molecular complexity index is 653. The minimum atomic E-state index is -0.192. The molecule has 1 aromatic carbocycles. The molecule has 3 rings (SSSR count). The number of anilines is 1. The van der Waals surface area contributed by atoms with Gasteiger partial charge in [-0.1, -0.05) is 30.0 Å². The first kappa shape index (κ1) is 15.8. The molecule has 1 aliphatic heterocycles. The number of tetrazole rings is 1. The fourth-order valence-corrected chi connectivity index (χ4v) is 3.45. The van der Waals surface area contributed by atoms with E-state index in [-0.39, 0.29) is 11.2 Å². The number of carbonyl (C=O) groups excluding carboxylic acids is 1. The standard InChI is InChI=1S/C15H20N6OS/c1-12(23-15-16-17-18-19(15)2)14(22)21-10-8-20(9-11-21)13-6-4-3-5-7-13/h3-7,12H,8-11H2,1-2H3/t12-/m0/s1. The minimum Gasteiger partial charge on any atom is -0.368 e. The highest BCUT2D eigenvalue weighted by atomic mass is 32.2. The summed E-state index contributed by atoms with van der Waals surface area (Å²) in [7, 11) is 1.78. The third-order valence-corrected chi connectivity index (χ3v) is 5.04.